The number of thioether (sulfide) groups is 1. The van der Waals surface area contributed by atoms with Crippen molar-refractivity contribution in [1.82, 2.24) is 10.2 Å². The van der Waals surface area contributed by atoms with Crippen molar-refractivity contribution in [1.29, 1.82) is 0 Å². The smallest absolute Gasteiger partial charge is 0.328 e. The average molecular weight is 276 g/mol. The zero-order valence-electron chi connectivity index (χ0n) is 10.8. The Morgan fingerprint density at radius 2 is 1.83 bits per heavy atom. The summed E-state index contributed by atoms with van der Waals surface area (Å²) in [5.74, 6) is -1.23. The molecule has 1 heterocycles. The van der Waals surface area contributed by atoms with Crippen molar-refractivity contribution >= 4 is 23.8 Å². The predicted octanol–water partition coefficient (Wildman–Crippen LogP) is 0.356. The van der Waals surface area contributed by atoms with Gasteiger partial charge in [0.15, 0.2) is 6.04 Å². The third-order valence-electron chi connectivity index (χ3n) is 2.73. The molecular weight excluding hydrogens is 256 g/mol. The zero-order valence-corrected chi connectivity index (χ0v) is 11.6. The summed E-state index contributed by atoms with van der Waals surface area (Å²) in [7, 11) is 0. The van der Waals surface area contributed by atoms with E-state index in [1.54, 1.807) is 16.7 Å². The molecule has 2 amide bonds. The third-order valence-corrected chi connectivity index (χ3v) is 3.96. The fourth-order valence-electron chi connectivity index (χ4n) is 1.96. The number of hydrogen-bond acceptors (Lipinski definition) is 4. The number of carbonyl (C=O) groups is 2. The van der Waals surface area contributed by atoms with Gasteiger partial charge < -0.3 is 20.4 Å². The molecule has 4 atom stereocenters. The Bertz CT molecular complexity index is 314. The van der Waals surface area contributed by atoms with Crippen molar-refractivity contribution in [2.75, 3.05) is 13.1 Å². The quantitative estimate of drug-likeness (QED) is 0.692. The minimum atomic E-state index is -1.27. The summed E-state index contributed by atoms with van der Waals surface area (Å²) in [6, 6.07) is -1.69. The minimum Gasteiger partial charge on any atom is -0.480 e. The maximum Gasteiger partial charge on any atom is 0.328 e. The number of nitrogens with one attached hydrogen (secondary N) is 1. The molecular formula is C11H20N2O4S. The Hall–Kier alpha value is -0.950. The summed E-state index contributed by atoms with van der Waals surface area (Å²) in [6.07, 6.45) is -1.12. The fraction of sp³-hybridized carbons (Fsp3) is 0.818. The van der Waals surface area contributed by atoms with E-state index in [1.807, 2.05) is 13.8 Å². The van der Waals surface area contributed by atoms with Crippen LogP contribution in [0.5, 0.6) is 0 Å². The molecule has 0 bridgehead atoms. The standard InChI is InChI=1S/C11H20N2O4S/c1-6-4-13(5-7(2)18-6)11(17)12-9(8(3)14)10(15)16/h6-9,14H,4-5H2,1-3H3,(H,12,17)(H,15,16)/t6?,7?,8-,9+/m1/s1. The van der Waals surface area contributed by atoms with Crippen LogP contribution in [0.15, 0.2) is 0 Å². The summed E-state index contributed by atoms with van der Waals surface area (Å²) < 4.78 is 0. The Labute approximate surface area is 111 Å². The van der Waals surface area contributed by atoms with E-state index in [0.29, 0.717) is 23.6 Å². The van der Waals surface area contributed by atoms with Gasteiger partial charge in [0.05, 0.1) is 6.10 Å². The molecule has 0 aromatic heterocycles. The Morgan fingerprint density at radius 1 is 1.33 bits per heavy atom. The molecule has 0 aromatic rings. The largest absolute Gasteiger partial charge is 0.480 e. The molecule has 0 saturated carbocycles. The van der Waals surface area contributed by atoms with Crippen molar-refractivity contribution in [3.8, 4) is 0 Å². The molecule has 18 heavy (non-hydrogen) atoms. The third kappa shape index (κ3) is 4.06. The first-order valence-electron chi connectivity index (χ1n) is 5.93. The summed E-state index contributed by atoms with van der Waals surface area (Å²) in [5, 5.41) is 21.2. The minimum absolute atomic E-state index is 0.328. The van der Waals surface area contributed by atoms with Crippen LogP contribution < -0.4 is 5.32 Å². The molecule has 7 heteroatoms. The second-order valence-electron chi connectivity index (χ2n) is 4.67. The van der Waals surface area contributed by atoms with Crippen molar-refractivity contribution < 1.29 is 19.8 Å². The van der Waals surface area contributed by atoms with E-state index >= 15 is 0 Å². The highest BCUT2D eigenvalue weighted by Gasteiger charge is 2.30. The van der Waals surface area contributed by atoms with Gasteiger partial charge in [-0.05, 0) is 6.92 Å². The summed E-state index contributed by atoms with van der Waals surface area (Å²) in [6.45, 7) is 6.59. The van der Waals surface area contributed by atoms with Gasteiger partial charge in [-0.25, -0.2) is 9.59 Å². The molecule has 0 radical (unpaired) electrons. The first-order valence-corrected chi connectivity index (χ1v) is 6.87. The van der Waals surface area contributed by atoms with Gasteiger partial charge >= 0.3 is 12.0 Å². The normalized spacial score (nSPS) is 27.4. The van der Waals surface area contributed by atoms with Crippen LogP contribution in [0.4, 0.5) is 4.79 Å². The van der Waals surface area contributed by atoms with Gasteiger partial charge in [0, 0.05) is 23.6 Å². The van der Waals surface area contributed by atoms with Gasteiger partial charge in [0.2, 0.25) is 0 Å². The van der Waals surface area contributed by atoms with E-state index in [2.05, 4.69) is 5.32 Å². The molecule has 2 unspecified atom stereocenters. The Morgan fingerprint density at radius 3 is 2.22 bits per heavy atom. The van der Waals surface area contributed by atoms with Crippen LogP contribution >= 0.6 is 11.8 Å². The van der Waals surface area contributed by atoms with Crippen LogP contribution in [0.3, 0.4) is 0 Å². The lowest BCUT2D eigenvalue weighted by molar-refractivity contribution is -0.141. The number of carboxylic acids is 1. The lowest BCUT2D eigenvalue weighted by Gasteiger charge is -2.35. The Balaban J connectivity index is 2.61. The number of nitrogens with zero attached hydrogens (tertiary/aromatic N) is 1. The highest BCUT2D eigenvalue weighted by atomic mass is 32.2. The molecule has 104 valence electrons. The van der Waals surface area contributed by atoms with E-state index in [9.17, 15) is 14.7 Å². The van der Waals surface area contributed by atoms with Gasteiger partial charge in [0.25, 0.3) is 0 Å². The topological polar surface area (TPSA) is 89.9 Å². The maximum absolute atomic E-state index is 11.9. The molecule has 1 fully saturated rings. The first kappa shape index (κ1) is 15.1. The molecule has 0 aliphatic carbocycles. The van der Waals surface area contributed by atoms with Crippen molar-refractivity contribution in [2.24, 2.45) is 0 Å². The molecule has 6 nitrogen and oxygen atoms in total. The van der Waals surface area contributed by atoms with Crippen LogP contribution in [0, 0.1) is 0 Å². The van der Waals surface area contributed by atoms with E-state index in [-0.39, 0.29) is 0 Å². The number of hydrogen-bond donors (Lipinski definition) is 3. The molecule has 1 aliphatic rings. The van der Waals surface area contributed by atoms with Gasteiger partial charge in [-0.1, -0.05) is 13.8 Å². The van der Waals surface area contributed by atoms with Gasteiger partial charge in [-0.3, -0.25) is 0 Å². The number of carbonyl (C=O) groups excluding carboxylic acids is 1. The molecule has 1 aliphatic heterocycles. The molecule has 1 saturated heterocycles. The molecule has 3 N–H and O–H groups in total. The van der Waals surface area contributed by atoms with Crippen LogP contribution in [0.25, 0.3) is 0 Å². The number of aliphatic hydroxyl groups is 1. The number of aliphatic carboxylic acids is 1. The van der Waals surface area contributed by atoms with E-state index in [1.165, 1.54) is 6.92 Å². The van der Waals surface area contributed by atoms with Crippen LogP contribution in [-0.2, 0) is 4.79 Å². The summed E-state index contributed by atoms with van der Waals surface area (Å²) in [5.41, 5.74) is 0. The van der Waals surface area contributed by atoms with Gasteiger partial charge in [-0.2, -0.15) is 11.8 Å². The highest BCUT2D eigenvalue weighted by molar-refractivity contribution is 8.00. The van der Waals surface area contributed by atoms with Crippen LogP contribution in [-0.4, -0.2) is 62.8 Å². The SMILES string of the molecule is CC1CN(C(=O)N[C@H](C(=O)O)[C@@H](C)O)CC(C)S1. The Kier molecular flexibility index (Phi) is 5.28. The predicted molar refractivity (Wildman–Crippen MR) is 69.7 cm³/mol. The van der Waals surface area contributed by atoms with E-state index in [4.69, 9.17) is 5.11 Å². The molecule has 0 spiro atoms. The van der Waals surface area contributed by atoms with Crippen LogP contribution in [0.2, 0.25) is 0 Å². The lowest BCUT2D eigenvalue weighted by Crippen LogP contribution is -2.55. The molecule has 0 aromatic carbocycles. The number of rotatable bonds is 3. The monoisotopic (exact) mass is 276 g/mol. The molecule has 1 rings (SSSR count). The number of urea groups is 1. The number of carboxylic acid groups (broad SMARTS) is 1. The van der Waals surface area contributed by atoms with E-state index in [0.717, 1.165) is 0 Å². The van der Waals surface area contributed by atoms with E-state index < -0.39 is 24.1 Å². The number of aliphatic hydroxyl groups excluding tert-OH is 1. The number of amides is 2. The summed E-state index contributed by atoms with van der Waals surface area (Å²) in [4.78, 5) is 24.4. The van der Waals surface area contributed by atoms with Gasteiger partial charge in [0.1, 0.15) is 0 Å². The van der Waals surface area contributed by atoms with Crippen LogP contribution in [0.1, 0.15) is 20.8 Å². The second-order valence-corrected chi connectivity index (χ2v) is 6.55. The zero-order chi connectivity index (χ0) is 13.9. The summed E-state index contributed by atoms with van der Waals surface area (Å²) >= 11 is 1.81. The van der Waals surface area contributed by atoms with Gasteiger partial charge in [-0.15, -0.1) is 0 Å². The lowest BCUT2D eigenvalue weighted by atomic mass is 10.2. The highest BCUT2D eigenvalue weighted by Crippen LogP contribution is 2.24. The fourth-order valence-corrected chi connectivity index (χ4v) is 3.28. The van der Waals surface area contributed by atoms with Crippen molar-refractivity contribution in [3.63, 3.8) is 0 Å². The first-order chi connectivity index (χ1) is 8.31. The average Bonchev–Trinajstić information content (AvgIpc) is 2.23. The maximum atomic E-state index is 11.9. The second kappa shape index (κ2) is 6.29. The van der Waals surface area contributed by atoms with Crippen molar-refractivity contribution in [2.45, 2.75) is 43.4 Å². The van der Waals surface area contributed by atoms with Crippen molar-refractivity contribution in [3.05, 3.63) is 0 Å².